The molecule has 3 saturated heterocycles. The fourth-order valence-corrected chi connectivity index (χ4v) is 11.9. The van der Waals surface area contributed by atoms with Crippen LogP contribution >= 0.6 is 45.2 Å². The van der Waals surface area contributed by atoms with Gasteiger partial charge < -0.3 is 81.8 Å². The maximum absolute atomic E-state index is 13.0. The number of H-pyrrole nitrogens is 1. The maximum atomic E-state index is 13.0. The second kappa shape index (κ2) is 75.2. The van der Waals surface area contributed by atoms with E-state index in [1.165, 1.54) is 160 Å². The van der Waals surface area contributed by atoms with E-state index in [2.05, 4.69) is 116 Å². The van der Waals surface area contributed by atoms with Crippen LogP contribution in [-0.4, -0.2) is 214 Å². The molecule has 739 valence electrons. The summed E-state index contributed by atoms with van der Waals surface area (Å²) in [5.74, 6) is 0.0376. The molecule has 6 atom stereocenters. The fourth-order valence-electron chi connectivity index (χ4n) is 10.2. The third-order valence-electron chi connectivity index (χ3n) is 17.2. The molecule has 17 rings (SSSR count). The monoisotopic (exact) mass is 2400 g/mol. The van der Waals surface area contributed by atoms with E-state index >= 15 is 0 Å². The number of aromatic hydroxyl groups is 1. The van der Waals surface area contributed by atoms with Gasteiger partial charge in [-0.1, -0.05) is 22.8 Å². The number of aryl methyl sites for hydroxylation is 1. The van der Waals surface area contributed by atoms with Gasteiger partial charge in [-0.05, 0) is 277 Å². The number of carboxylic acids is 1. The first-order valence-corrected chi connectivity index (χ1v) is 44.9. The molecule has 142 heavy (non-hydrogen) atoms. The average Bonchev–Trinajstić information content (AvgIpc) is 1.49. The Morgan fingerprint density at radius 3 is 1.37 bits per heavy atom. The minimum Gasteiger partial charge on any atom is -1.00 e. The Bertz CT molecular complexity index is 5680. The van der Waals surface area contributed by atoms with E-state index in [1.54, 1.807) is 147 Å². The van der Waals surface area contributed by atoms with Crippen molar-refractivity contribution < 1.29 is 287 Å². The number of carboxylic acid groups (broad SMARTS) is 1. The summed E-state index contributed by atoms with van der Waals surface area (Å²) in [6.07, 6.45) is 19.1. The molecule has 38 nitrogen and oxygen atoms in total. The van der Waals surface area contributed by atoms with Gasteiger partial charge in [-0.25, -0.2) is 56.1 Å². The molecule has 3 aliphatic rings. The number of nitrogens with two attached hydrogens (primary N) is 1. The predicted octanol–water partition coefficient (Wildman–Crippen LogP) is 3.86. The molecule has 1 radical (unpaired) electrons. The number of hydrogen-bond donors (Lipinski definition) is 6. The summed E-state index contributed by atoms with van der Waals surface area (Å²) in [6.45, 7) is 8.35. The number of aromatic amines is 1. The van der Waals surface area contributed by atoms with E-state index in [9.17, 15) is 49.5 Å². The number of amides is 1. The van der Waals surface area contributed by atoms with E-state index in [0.29, 0.717) is 85.9 Å². The number of azide groups is 1. The Morgan fingerprint density at radius 2 is 1.00 bits per heavy atom. The number of benzene rings is 9. The van der Waals surface area contributed by atoms with Crippen LogP contribution < -0.4 is 172 Å². The van der Waals surface area contributed by atoms with Gasteiger partial charge in [0, 0.05) is 78.8 Å². The summed E-state index contributed by atoms with van der Waals surface area (Å²) in [4.78, 5) is 56.0. The zero-order valence-corrected chi connectivity index (χ0v) is 94.1. The molecular formula is C91H98F6I2K2LaN19NaO19S. The molecule has 1 unspecified atom stereocenters. The van der Waals surface area contributed by atoms with Crippen LogP contribution in [0.2, 0.25) is 0 Å². The smallest absolute Gasteiger partial charge is 1.00 e. The molecule has 9 aromatic carbocycles. The third-order valence-corrected chi connectivity index (χ3v) is 19.9. The van der Waals surface area contributed by atoms with Crippen molar-refractivity contribution in [2.24, 2.45) is 10.8 Å². The van der Waals surface area contributed by atoms with Gasteiger partial charge in [-0.3, -0.25) is 32.9 Å². The van der Waals surface area contributed by atoms with Crippen molar-refractivity contribution in [2.75, 3.05) is 66.1 Å². The molecule has 0 spiro atoms. The van der Waals surface area contributed by atoms with Crippen LogP contribution in [-0.2, 0) is 64.4 Å². The van der Waals surface area contributed by atoms with Gasteiger partial charge in [-0.2, -0.15) is 28.8 Å². The number of nitrogens with one attached hydrogen (secondary N) is 2. The fraction of sp³-hybridized carbons (Fsp3) is 0.253. The summed E-state index contributed by atoms with van der Waals surface area (Å²) in [5.41, 5.74) is 16.3. The van der Waals surface area contributed by atoms with Crippen LogP contribution in [0.25, 0.3) is 10.4 Å². The number of carbonyl (C=O) groups excluding carboxylic acids is 2. The molecule has 1 amide bonds. The normalized spacial score (nSPS) is 13.0. The van der Waals surface area contributed by atoms with Crippen molar-refractivity contribution in [3.63, 3.8) is 0 Å². The first-order valence-electron chi connectivity index (χ1n) is 41.3. The SMILES string of the molecule is C1CCOC1.Cc1ccc(S(=O)(=O)OCC2CO2)cc1.Fc1ccc(OC[C@@H]2CO2)cc1.N[C@@H](COc1ccc(F)cc1)Cn1cncn1.O=C(N[C@@H](COc1ccc(F)cc1)Cn1cncn1)c1ccc(I)cc1.O=C(O)c1ccc(I)cc1.O=CO[O-].O[C@H](COc1ccc(F)cc1)Cn1ccnc1.Oc1ccc(F)cc1.[H-].[H-].[K+].[K+].[La].[N-]=[N+]=N[C@@H](COc1ccc(F)cc1)Cn1cncn1.[Na+].c1nc[nH]n1. The standard InChI is InChI=1S/C18H16FIN4O2.C12H13FN2O2.C11H11FN6O.C11H13FN4O.C10H12O4S.C9H9FO2.C7H5IO2.C6H5FO.C4H8O.C2H3N3.CH2O3.2K.La.Na.2H/c19-14-3-7-17(8-4-14)26-10-16(9-24-12-21-11-22-24)23-18(25)13-1-5-15(20)6-2-13;13-10-1-3-12(4-2-10)17-8-11(16)7-15-6-5-14-9-15;12-9-1-3-11(4-2-9)19-6-10(16-17-13)5-18-8-14-7-15-18;12-9-1-3-11(4-2-9)17-6-10(13)5-16-8-14-7-15-16;1-8-2-4-10(5-3-8)15(11,12)14-7-9-6-13-9;10-7-1-3-8(4-2-7)11-5-9-6-12-9;8-6-3-1-5(2-4-6)7(9)10;7-5-1-3-6(8)4-2-5;1-2-4-5-3-1;1-3-2-5-4-1;2-1-4-3;;;;;;/h1-8,11-12,16H,9-10H2,(H,23,25);1-6,9,11,16H,7-8H2;1-4,7-8,10H,5-6H2;1-4,7-8,10H,5-6,13H2;2-5,9H,6-7H2,1H3;1-4,9H,5-6H2;1-4H,(H,9,10);1-4,8H;1-4H2;1-2H,(H,3,4,5);1,3H;;;;;;/q;;;;;;;;;;;2*+1;;+1;2*-1/p-1/t16-;11-;2*10-;;9-;;;;;;;;;;;/m1011.1.........../s1. The Kier molecular flexibility index (Phi) is 67.6. The molecule has 3 fully saturated rings. The molecule has 8 heterocycles. The van der Waals surface area contributed by atoms with Crippen molar-refractivity contribution >= 4 is 73.6 Å². The Hall–Kier alpha value is -8.55. The van der Waals surface area contributed by atoms with Gasteiger partial charge in [0.1, 0.15) is 165 Å². The van der Waals surface area contributed by atoms with Crippen molar-refractivity contribution in [1.29, 1.82) is 0 Å². The second-order valence-electron chi connectivity index (χ2n) is 28.3. The summed E-state index contributed by atoms with van der Waals surface area (Å²) in [6, 6.07) is 53.5. The molecule has 51 heteroatoms. The van der Waals surface area contributed by atoms with Crippen LogP contribution in [0.3, 0.4) is 0 Å². The number of carbonyl (C=O) groups is 3. The average molecular weight is 2400 g/mol. The van der Waals surface area contributed by atoms with E-state index in [0.717, 1.165) is 32.5 Å². The predicted molar refractivity (Wildman–Crippen MR) is 503 cm³/mol. The second-order valence-corrected chi connectivity index (χ2v) is 32.4. The number of ether oxygens (including phenoxy) is 8. The number of aromatic nitrogens is 14. The Balaban J connectivity index is 0.000000814. The molecule has 5 aromatic heterocycles. The molecule has 7 N–H and O–H groups in total. The quantitative estimate of drug-likeness (QED) is 0.00298. The number of aromatic carboxylic acids is 1. The number of epoxide rings is 2. The number of halogens is 8. The largest absolute Gasteiger partial charge is 1.00 e. The van der Waals surface area contributed by atoms with Crippen LogP contribution in [0, 0.1) is 84.6 Å². The van der Waals surface area contributed by atoms with Crippen LogP contribution in [0.1, 0.15) is 42.0 Å². The van der Waals surface area contributed by atoms with Gasteiger partial charge in [-0.15, -0.1) is 0 Å². The van der Waals surface area contributed by atoms with Crippen molar-refractivity contribution in [2.45, 2.75) is 87.3 Å². The number of rotatable bonds is 32. The number of nitrogens with zero attached hydrogens (tertiary/aromatic N) is 16. The van der Waals surface area contributed by atoms with E-state index < -0.39 is 28.2 Å². The van der Waals surface area contributed by atoms with E-state index in [1.807, 2.05) is 19.1 Å². The molecule has 0 saturated carbocycles. The number of imidazole rings is 1. The molecular weight excluding hydrogens is 2300 g/mol. The Morgan fingerprint density at radius 1 is 0.585 bits per heavy atom. The molecule has 0 bridgehead atoms. The third kappa shape index (κ3) is 59.2. The number of aliphatic hydroxyl groups is 1. The minimum atomic E-state index is -3.61. The number of aliphatic hydroxyl groups excluding tert-OH is 1. The Labute approximate surface area is 978 Å². The van der Waals surface area contributed by atoms with Crippen molar-refractivity contribution in [3.8, 4) is 34.5 Å². The van der Waals surface area contributed by atoms with Crippen LogP contribution in [0.4, 0.5) is 26.3 Å². The topological polar surface area (TPSA) is 506 Å². The van der Waals surface area contributed by atoms with Gasteiger partial charge in [0.15, 0.2) is 0 Å². The van der Waals surface area contributed by atoms with Gasteiger partial charge in [0.05, 0.1) is 87.5 Å². The summed E-state index contributed by atoms with van der Waals surface area (Å²) < 4.78 is 154. The molecule has 14 aromatic rings. The van der Waals surface area contributed by atoms with Crippen LogP contribution in [0.15, 0.2) is 298 Å². The molecule has 3 aliphatic heterocycles. The van der Waals surface area contributed by atoms with Crippen LogP contribution in [0.5, 0.6) is 34.5 Å². The zero-order chi connectivity index (χ0) is 99.3. The first kappa shape index (κ1) is 128. The van der Waals surface area contributed by atoms with Gasteiger partial charge >= 0.3 is 138 Å². The molecule has 0 aliphatic carbocycles. The summed E-state index contributed by atoms with van der Waals surface area (Å²) >= 11 is 4.31. The maximum Gasteiger partial charge on any atom is 1.00 e. The first-order chi connectivity index (χ1) is 66.7. The van der Waals surface area contributed by atoms with E-state index in [-0.39, 0.29) is 279 Å². The van der Waals surface area contributed by atoms with E-state index in [4.69, 9.17) is 73.6 Å². The van der Waals surface area contributed by atoms with Crippen molar-refractivity contribution in [1.82, 2.24) is 74.3 Å². The number of phenols is 1. The minimum absolute atomic E-state index is 0. The zero-order valence-electron chi connectivity index (χ0n) is 79.1. The van der Waals surface area contributed by atoms with Crippen molar-refractivity contribution in [3.05, 3.63) is 357 Å². The number of phenolic OH excluding ortho intramolecular Hbond substituents is 1. The summed E-state index contributed by atoms with van der Waals surface area (Å²) in [5, 5.41) is 59.7. The van der Waals surface area contributed by atoms with Gasteiger partial charge in [0.2, 0.25) is 0 Å². The number of hydrogen-bond acceptors (Lipinski definition) is 29. The summed E-state index contributed by atoms with van der Waals surface area (Å²) in [7, 11) is -3.61. The van der Waals surface area contributed by atoms with Gasteiger partial charge in [0.25, 0.3) is 22.5 Å².